The van der Waals surface area contributed by atoms with Crippen molar-refractivity contribution in [2.24, 2.45) is 0 Å². The molecule has 0 unspecified atom stereocenters. The van der Waals surface area contributed by atoms with E-state index in [4.69, 9.17) is 4.74 Å². The highest BCUT2D eigenvalue weighted by atomic mass is 79.9. The predicted octanol–water partition coefficient (Wildman–Crippen LogP) is 4.36. The number of nitrogens with zero attached hydrogens (tertiary/aromatic N) is 1. The van der Waals surface area contributed by atoms with Crippen LogP contribution in [0.2, 0.25) is 0 Å². The molecule has 0 saturated heterocycles. The number of fused-ring (bicyclic) bond motifs is 1. The van der Waals surface area contributed by atoms with Crippen LogP contribution in [0.5, 0.6) is 5.75 Å². The second-order valence-corrected chi connectivity index (χ2v) is 6.28. The van der Waals surface area contributed by atoms with Crippen molar-refractivity contribution in [1.82, 2.24) is 9.97 Å². The number of nitrogens with one attached hydrogen (secondary N) is 2. The first-order valence-electron chi connectivity index (χ1n) is 7.25. The van der Waals surface area contributed by atoms with Crippen LogP contribution in [0, 0.1) is 0 Å². The molecular weight excluding hydrogens is 358 g/mol. The zero-order chi connectivity index (χ0) is 16.4. The lowest BCUT2D eigenvalue weighted by Crippen LogP contribution is -2.16. The molecule has 0 saturated carbocycles. The number of hydrogen-bond donors (Lipinski definition) is 2. The summed E-state index contributed by atoms with van der Waals surface area (Å²) in [6.07, 6.45) is -0.0195. The number of hydrogen-bond acceptors (Lipinski definition) is 3. The van der Waals surface area contributed by atoms with Crippen molar-refractivity contribution >= 4 is 38.8 Å². The third-order valence-corrected chi connectivity index (χ3v) is 3.66. The minimum Gasteiger partial charge on any atom is -0.490 e. The molecule has 3 aromatic rings. The topological polar surface area (TPSA) is 67.0 Å². The van der Waals surface area contributed by atoms with Crippen molar-refractivity contribution in [3.63, 3.8) is 0 Å². The van der Waals surface area contributed by atoms with Gasteiger partial charge in [-0.15, -0.1) is 0 Å². The molecule has 3 rings (SSSR count). The normalized spacial score (nSPS) is 11.0. The number of aromatic nitrogens is 2. The number of halogens is 1. The lowest BCUT2D eigenvalue weighted by atomic mass is 10.2. The molecule has 0 spiro atoms. The summed E-state index contributed by atoms with van der Waals surface area (Å²) in [6.45, 7) is 3.84. The van der Waals surface area contributed by atoms with Crippen LogP contribution in [0.15, 0.2) is 46.9 Å². The Hall–Kier alpha value is -2.34. The van der Waals surface area contributed by atoms with Gasteiger partial charge in [-0.2, -0.15) is 0 Å². The number of anilines is 1. The van der Waals surface area contributed by atoms with Crippen molar-refractivity contribution in [2.45, 2.75) is 20.0 Å². The number of carbonyl (C=O) groups is 1. The Morgan fingerprint density at radius 1 is 1.26 bits per heavy atom. The lowest BCUT2D eigenvalue weighted by molar-refractivity contribution is 0.102. The third kappa shape index (κ3) is 3.53. The van der Waals surface area contributed by atoms with Crippen molar-refractivity contribution in [2.75, 3.05) is 5.32 Å². The van der Waals surface area contributed by atoms with Crippen LogP contribution in [0.25, 0.3) is 11.0 Å². The third-order valence-electron chi connectivity index (χ3n) is 3.17. The van der Waals surface area contributed by atoms with Gasteiger partial charge in [0.25, 0.3) is 5.91 Å². The average molecular weight is 374 g/mol. The molecule has 0 radical (unpaired) electrons. The van der Waals surface area contributed by atoms with Gasteiger partial charge in [-0.25, -0.2) is 4.98 Å². The smallest absolute Gasteiger partial charge is 0.261 e. The number of benzene rings is 2. The first-order chi connectivity index (χ1) is 11.0. The molecule has 0 aliphatic carbocycles. The first kappa shape index (κ1) is 15.6. The Balaban J connectivity index is 1.89. The van der Waals surface area contributed by atoms with Crippen LogP contribution in [0.4, 0.5) is 5.95 Å². The van der Waals surface area contributed by atoms with E-state index in [1.54, 1.807) is 12.1 Å². The average Bonchev–Trinajstić information content (AvgIpc) is 2.90. The minimum atomic E-state index is -0.277. The van der Waals surface area contributed by atoms with Gasteiger partial charge in [0.15, 0.2) is 0 Å². The molecule has 0 bridgehead atoms. The number of rotatable bonds is 4. The fraction of sp³-hybridized carbons (Fsp3) is 0.176. The van der Waals surface area contributed by atoms with E-state index in [0.29, 0.717) is 17.3 Å². The van der Waals surface area contributed by atoms with Gasteiger partial charge < -0.3 is 9.72 Å². The summed E-state index contributed by atoms with van der Waals surface area (Å²) in [5.74, 6) is 0.671. The molecule has 1 heterocycles. The van der Waals surface area contributed by atoms with Crippen LogP contribution < -0.4 is 10.1 Å². The van der Waals surface area contributed by atoms with Gasteiger partial charge in [0.1, 0.15) is 5.75 Å². The quantitative estimate of drug-likeness (QED) is 0.713. The highest BCUT2D eigenvalue weighted by Gasteiger charge is 2.16. The molecule has 0 aliphatic heterocycles. The van der Waals surface area contributed by atoms with E-state index in [1.807, 2.05) is 44.2 Å². The maximum absolute atomic E-state index is 12.6. The molecule has 0 atom stereocenters. The van der Waals surface area contributed by atoms with Crippen LogP contribution in [0.1, 0.15) is 24.2 Å². The maximum atomic E-state index is 12.6. The van der Waals surface area contributed by atoms with Crippen LogP contribution in [0.3, 0.4) is 0 Å². The maximum Gasteiger partial charge on any atom is 0.261 e. The summed E-state index contributed by atoms with van der Waals surface area (Å²) in [7, 11) is 0. The van der Waals surface area contributed by atoms with Gasteiger partial charge in [-0.1, -0.05) is 28.1 Å². The Morgan fingerprint density at radius 3 is 2.78 bits per heavy atom. The number of carbonyl (C=O) groups excluding carboxylic acids is 1. The molecule has 1 amide bonds. The van der Waals surface area contributed by atoms with E-state index < -0.39 is 0 Å². The lowest BCUT2D eigenvalue weighted by Gasteiger charge is -2.14. The molecule has 0 aliphatic rings. The summed E-state index contributed by atoms with van der Waals surface area (Å²) in [5, 5.41) is 2.78. The Morgan fingerprint density at radius 2 is 2.04 bits per heavy atom. The van der Waals surface area contributed by atoms with Crippen molar-refractivity contribution in [3.8, 4) is 5.75 Å². The summed E-state index contributed by atoms with van der Waals surface area (Å²) < 4.78 is 6.51. The van der Waals surface area contributed by atoms with E-state index in [-0.39, 0.29) is 12.0 Å². The van der Waals surface area contributed by atoms with Crippen LogP contribution >= 0.6 is 15.9 Å². The van der Waals surface area contributed by atoms with Gasteiger partial charge in [-0.05, 0) is 44.2 Å². The fourth-order valence-electron chi connectivity index (χ4n) is 2.22. The Labute approximate surface area is 142 Å². The van der Waals surface area contributed by atoms with Gasteiger partial charge in [-0.3, -0.25) is 10.1 Å². The first-order valence-corrected chi connectivity index (χ1v) is 8.04. The standard InChI is InChI=1S/C17H16BrN3O2/c1-10(2)23-15-8-7-11(18)9-12(15)16(22)21-17-19-13-5-3-4-6-14(13)20-17/h3-10H,1-2H3,(H2,19,20,21,22). The number of aromatic amines is 1. The molecule has 23 heavy (non-hydrogen) atoms. The van der Waals surface area contributed by atoms with E-state index in [0.717, 1.165) is 15.5 Å². The second kappa shape index (κ2) is 6.42. The number of para-hydroxylation sites is 2. The molecule has 2 N–H and O–H groups in total. The van der Waals surface area contributed by atoms with Crippen molar-refractivity contribution < 1.29 is 9.53 Å². The molecule has 6 heteroatoms. The van der Waals surface area contributed by atoms with E-state index >= 15 is 0 Å². The van der Waals surface area contributed by atoms with Gasteiger partial charge >= 0.3 is 0 Å². The molecule has 5 nitrogen and oxygen atoms in total. The fourth-order valence-corrected chi connectivity index (χ4v) is 2.58. The highest BCUT2D eigenvalue weighted by Crippen LogP contribution is 2.25. The van der Waals surface area contributed by atoms with E-state index in [1.165, 1.54) is 0 Å². The van der Waals surface area contributed by atoms with E-state index in [2.05, 4.69) is 31.2 Å². The van der Waals surface area contributed by atoms with Crippen LogP contribution in [-0.4, -0.2) is 22.0 Å². The SMILES string of the molecule is CC(C)Oc1ccc(Br)cc1C(=O)Nc1nc2ccccc2[nH]1. The number of H-pyrrole nitrogens is 1. The zero-order valence-corrected chi connectivity index (χ0v) is 14.3. The van der Waals surface area contributed by atoms with Gasteiger partial charge in [0.05, 0.1) is 22.7 Å². The van der Waals surface area contributed by atoms with Crippen molar-refractivity contribution in [3.05, 3.63) is 52.5 Å². The molecular formula is C17H16BrN3O2. The predicted molar refractivity (Wildman–Crippen MR) is 94.0 cm³/mol. The largest absolute Gasteiger partial charge is 0.490 e. The molecule has 0 fully saturated rings. The van der Waals surface area contributed by atoms with Gasteiger partial charge in [0, 0.05) is 4.47 Å². The van der Waals surface area contributed by atoms with Crippen LogP contribution in [-0.2, 0) is 0 Å². The highest BCUT2D eigenvalue weighted by molar-refractivity contribution is 9.10. The molecule has 2 aromatic carbocycles. The summed E-state index contributed by atoms with van der Waals surface area (Å²) in [5.41, 5.74) is 2.12. The number of imidazole rings is 1. The minimum absolute atomic E-state index is 0.0195. The summed E-state index contributed by atoms with van der Waals surface area (Å²) in [6, 6.07) is 13.0. The number of ether oxygens (including phenoxy) is 1. The summed E-state index contributed by atoms with van der Waals surface area (Å²) in [4.78, 5) is 20.0. The number of amides is 1. The van der Waals surface area contributed by atoms with E-state index in [9.17, 15) is 4.79 Å². The summed E-state index contributed by atoms with van der Waals surface area (Å²) >= 11 is 3.39. The Kier molecular flexibility index (Phi) is 4.34. The monoisotopic (exact) mass is 373 g/mol. The molecule has 1 aromatic heterocycles. The van der Waals surface area contributed by atoms with Crippen molar-refractivity contribution in [1.29, 1.82) is 0 Å². The Bertz CT molecular complexity index is 825. The molecule has 118 valence electrons. The van der Waals surface area contributed by atoms with Gasteiger partial charge in [0.2, 0.25) is 5.95 Å². The zero-order valence-electron chi connectivity index (χ0n) is 12.8. The second-order valence-electron chi connectivity index (χ2n) is 5.36.